The SMILES string of the molecule is Cc1cccc(NC(=O)c2ccc3cc(Br)ccc3c2)c1. The molecular formula is C18H14BrNO. The highest BCUT2D eigenvalue weighted by atomic mass is 79.9. The van der Waals surface area contributed by atoms with E-state index in [1.165, 1.54) is 0 Å². The molecule has 1 amide bonds. The Morgan fingerprint density at radius 3 is 2.52 bits per heavy atom. The summed E-state index contributed by atoms with van der Waals surface area (Å²) in [5.41, 5.74) is 2.60. The maximum atomic E-state index is 12.3. The van der Waals surface area contributed by atoms with E-state index >= 15 is 0 Å². The van der Waals surface area contributed by atoms with Crippen LogP contribution in [-0.4, -0.2) is 5.91 Å². The van der Waals surface area contributed by atoms with Crippen LogP contribution in [0, 0.1) is 6.92 Å². The number of aryl methyl sites for hydroxylation is 1. The fourth-order valence-corrected chi connectivity index (χ4v) is 2.66. The van der Waals surface area contributed by atoms with E-state index in [4.69, 9.17) is 0 Å². The number of anilines is 1. The summed E-state index contributed by atoms with van der Waals surface area (Å²) in [6, 6.07) is 19.5. The zero-order valence-electron chi connectivity index (χ0n) is 11.6. The third kappa shape index (κ3) is 3.14. The average molecular weight is 340 g/mol. The van der Waals surface area contributed by atoms with Gasteiger partial charge in [0.05, 0.1) is 0 Å². The largest absolute Gasteiger partial charge is 0.322 e. The van der Waals surface area contributed by atoms with Gasteiger partial charge >= 0.3 is 0 Å². The Kier molecular flexibility index (Phi) is 3.76. The zero-order valence-corrected chi connectivity index (χ0v) is 13.1. The molecule has 21 heavy (non-hydrogen) atoms. The van der Waals surface area contributed by atoms with Crippen LogP contribution < -0.4 is 5.32 Å². The molecule has 3 rings (SSSR count). The standard InChI is InChI=1S/C18H14BrNO/c1-12-3-2-4-17(9-12)20-18(21)15-6-5-14-11-16(19)8-7-13(14)10-15/h2-11H,1H3,(H,20,21). The predicted octanol–water partition coefficient (Wildman–Crippen LogP) is 5.16. The third-order valence-electron chi connectivity index (χ3n) is 3.34. The van der Waals surface area contributed by atoms with E-state index in [0.29, 0.717) is 5.56 Å². The molecule has 0 aliphatic rings. The molecule has 0 fully saturated rings. The Hall–Kier alpha value is -2.13. The Bertz CT molecular complexity index is 826. The summed E-state index contributed by atoms with van der Waals surface area (Å²) in [5, 5.41) is 5.09. The van der Waals surface area contributed by atoms with Gasteiger partial charge in [0.25, 0.3) is 5.91 Å². The first-order valence-corrected chi connectivity index (χ1v) is 7.48. The van der Waals surface area contributed by atoms with Crippen molar-refractivity contribution in [3.05, 3.63) is 76.3 Å². The quantitative estimate of drug-likeness (QED) is 0.686. The van der Waals surface area contributed by atoms with Gasteiger partial charge in [0.2, 0.25) is 0 Å². The van der Waals surface area contributed by atoms with Crippen LogP contribution in [-0.2, 0) is 0 Å². The second kappa shape index (κ2) is 5.70. The maximum Gasteiger partial charge on any atom is 0.255 e. The summed E-state index contributed by atoms with van der Waals surface area (Å²) in [7, 11) is 0. The predicted molar refractivity (Wildman–Crippen MR) is 90.8 cm³/mol. The molecule has 0 aliphatic carbocycles. The Balaban J connectivity index is 1.89. The lowest BCUT2D eigenvalue weighted by Crippen LogP contribution is -2.11. The van der Waals surface area contributed by atoms with Gasteiger partial charge in [0.15, 0.2) is 0 Å². The summed E-state index contributed by atoms with van der Waals surface area (Å²) in [6.07, 6.45) is 0. The van der Waals surface area contributed by atoms with Crippen LogP contribution in [0.4, 0.5) is 5.69 Å². The van der Waals surface area contributed by atoms with Crippen LogP contribution in [0.3, 0.4) is 0 Å². The molecule has 0 heterocycles. The molecule has 0 saturated heterocycles. The Labute approximate surface area is 131 Å². The molecule has 0 aromatic heterocycles. The lowest BCUT2D eigenvalue weighted by molar-refractivity contribution is 0.102. The van der Waals surface area contributed by atoms with Gasteiger partial charge in [-0.05, 0) is 59.7 Å². The number of fused-ring (bicyclic) bond motifs is 1. The minimum atomic E-state index is -0.0922. The second-order valence-electron chi connectivity index (χ2n) is 5.03. The van der Waals surface area contributed by atoms with Crippen LogP contribution >= 0.6 is 15.9 Å². The average Bonchev–Trinajstić information content (AvgIpc) is 2.46. The van der Waals surface area contributed by atoms with Crippen molar-refractivity contribution < 1.29 is 4.79 Å². The van der Waals surface area contributed by atoms with Crippen molar-refractivity contribution in [2.75, 3.05) is 5.32 Å². The maximum absolute atomic E-state index is 12.3. The zero-order chi connectivity index (χ0) is 14.8. The van der Waals surface area contributed by atoms with Gasteiger partial charge in [-0.3, -0.25) is 4.79 Å². The van der Waals surface area contributed by atoms with E-state index in [0.717, 1.165) is 26.5 Å². The summed E-state index contributed by atoms with van der Waals surface area (Å²) >= 11 is 3.45. The highest BCUT2D eigenvalue weighted by Crippen LogP contribution is 2.21. The highest BCUT2D eigenvalue weighted by molar-refractivity contribution is 9.10. The van der Waals surface area contributed by atoms with E-state index in [-0.39, 0.29) is 5.91 Å². The van der Waals surface area contributed by atoms with Crippen molar-refractivity contribution in [3.63, 3.8) is 0 Å². The summed E-state index contributed by atoms with van der Waals surface area (Å²) in [5.74, 6) is -0.0922. The smallest absolute Gasteiger partial charge is 0.255 e. The number of benzene rings is 3. The van der Waals surface area contributed by atoms with Gasteiger partial charge in [-0.25, -0.2) is 0 Å². The highest BCUT2D eigenvalue weighted by Gasteiger charge is 2.07. The van der Waals surface area contributed by atoms with Crippen LogP contribution in [0.1, 0.15) is 15.9 Å². The lowest BCUT2D eigenvalue weighted by atomic mass is 10.1. The van der Waals surface area contributed by atoms with Crippen molar-refractivity contribution >= 4 is 38.3 Å². The first kappa shape index (κ1) is 13.8. The van der Waals surface area contributed by atoms with E-state index in [1.807, 2.05) is 67.6 Å². The number of carbonyl (C=O) groups is 1. The Morgan fingerprint density at radius 1 is 0.952 bits per heavy atom. The normalized spacial score (nSPS) is 10.6. The van der Waals surface area contributed by atoms with E-state index in [1.54, 1.807) is 0 Å². The van der Waals surface area contributed by atoms with E-state index < -0.39 is 0 Å². The third-order valence-corrected chi connectivity index (χ3v) is 3.83. The van der Waals surface area contributed by atoms with Gasteiger partial charge in [-0.2, -0.15) is 0 Å². The molecule has 3 aromatic carbocycles. The Morgan fingerprint density at radius 2 is 1.71 bits per heavy atom. The lowest BCUT2D eigenvalue weighted by Gasteiger charge is -2.07. The number of hydrogen-bond donors (Lipinski definition) is 1. The number of amides is 1. The van der Waals surface area contributed by atoms with Crippen LogP contribution in [0.2, 0.25) is 0 Å². The molecule has 0 saturated carbocycles. The molecule has 104 valence electrons. The van der Waals surface area contributed by atoms with Crippen molar-refractivity contribution in [2.24, 2.45) is 0 Å². The van der Waals surface area contributed by atoms with E-state index in [9.17, 15) is 4.79 Å². The van der Waals surface area contributed by atoms with Crippen molar-refractivity contribution in [2.45, 2.75) is 6.92 Å². The minimum absolute atomic E-state index is 0.0922. The molecule has 3 heteroatoms. The molecular weight excluding hydrogens is 326 g/mol. The van der Waals surface area contributed by atoms with Crippen LogP contribution in [0.25, 0.3) is 10.8 Å². The number of carbonyl (C=O) groups excluding carboxylic acids is 1. The topological polar surface area (TPSA) is 29.1 Å². The number of rotatable bonds is 2. The van der Waals surface area contributed by atoms with Gasteiger partial charge in [0.1, 0.15) is 0 Å². The van der Waals surface area contributed by atoms with Crippen molar-refractivity contribution in [1.82, 2.24) is 0 Å². The van der Waals surface area contributed by atoms with Gasteiger partial charge < -0.3 is 5.32 Å². The van der Waals surface area contributed by atoms with Crippen molar-refractivity contribution in [1.29, 1.82) is 0 Å². The molecule has 2 nitrogen and oxygen atoms in total. The summed E-state index contributed by atoms with van der Waals surface area (Å²) in [4.78, 5) is 12.3. The molecule has 0 aliphatic heterocycles. The minimum Gasteiger partial charge on any atom is -0.322 e. The van der Waals surface area contributed by atoms with Crippen molar-refractivity contribution in [3.8, 4) is 0 Å². The molecule has 0 bridgehead atoms. The van der Waals surface area contributed by atoms with Gasteiger partial charge in [0, 0.05) is 15.7 Å². The number of nitrogens with one attached hydrogen (secondary N) is 1. The van der Waals surface area contributed by atoms with Gasteiger partial charge in [-0.15, -0.1) is 0 Å². The molecule has 0 unspecified atom stereocenters. The first-order valence-electron chi connectivity index (χ1n) is 6.69. The number of halogens is 1. The second-order valence-corrected chi connectivity index (χ2v) is 5.95. The molecule has 1 N–H and O–H groups in total. The fourth-order valence-electron chi connectivity index (χ4n) is 2.28. The summed E-state index contributed by atoms with van der Waals surface area (Å²) in [6.45, 7) is 2.00. The molecule has 0 radical (unpaired) electrons. The van der Waals surface area contributed by atoms with Crippen LogP contribution in [0.5, 0.6) is 0 Å². The van der Waals surface area contributed by atoms with E-state index in [2.05, 4.69) is 21.2 Å². The summed E-state index contributed by atoms with van der Waals surface area (Å²) < 4.78 is 1.03. The molecule has 0 atom stereocenters. The van der Waals surface area contributed by atoms with Crippen LogP contribution in [0.15, 0.2) is 65.1 Å². The molecule has 3 aromatic rings. The molecule has 0 spiro atoms. The monoisotopic (exact) mass is 339 g/mol. The number of hydrogen-bond acceptors (Lipinski definition) is 1. The van der Waals surface area contributed by atoms with Gasteiger partial charge in [-0.1, -0.05) is 40.2 Å². The fraction of sp³-hybridized carbons (Fsp3) is 0.0556. The first-order chi connectivity index (χ1) is 10.1.